The maximum Gasteiger partial charge on any atom is 0.175 e. The van der Waals surface area contributed by atoms with Gasteiger partial charge in [-0.05, 0) is 51.3 Å². The Bertz CT molecular complexity index is 727. The van der Waals surface area contributed by atoms with Gasteiger partial charge in [0.05, 0.1) is 14.2 Å². The Kier molecular flexibility index (Phi) is 4.66. The molecular formula is C14H11Br2FO2S. The Morgan fingerprint density at radius 1 is 1.05 bits per heavy atom. The maximum absolute atomic E-state index is 13.2. The van der Waals surface area contributed by atoms with Crippen LogP contribution in [0.4, 0.5) is 4.39 Å². The molecule has 0 radical (unpaired) electrons. The number of hydrogen-bond acceptors (Lipinski definition) is 2. The summed E-state index contributed by atoms with van der Waals surface area (Å²) in [5, 5.41) is 0. The van der Waals surface area contributed by atoms with Crippen molar-refractivity contribution in [3.8, 4) is 0 Å². The summed E-state index contributed by atoms with van der Waals surface area (Å²) in [6, 6.07) is 11.4. The van der Waals surface area contributed by atoms with E-state index in [0.717, 1.165) is 11.1 Å². The van der Waals surface area contributed by atoms with Crippen molar-refractivity contribution in [3.63, 3.8) is 0 Å². The van der Waals surface area contributed by atoms with Crippen molar-refractivity contribution in [2.75, 3.05) is 6.26 Å². The predicted octanol–water partition coefficient (Wildman–Crippen LogP) is 4.48. The van der Waals surface area contributed by atoms with E-state index in [4.69, 9.17) is 0 Å². The molecule has 0 aliphatic heterocycles. The van der Waals surface area contributed by atoms with Crippen LogP contribution in [0, 0.1) is 5.82 Å². The molecular weight excluding hydrogens is 411 g/mol. The second kappa shape index (κ2) is 5.95. The summed E-state index contributed by atoms with van der Waals surface area (Å²) in [4.78, 5) is 0.147. The fraction of sp³-hybridized carbons (Fsp3) is 0.143. The normalized spacial score (nSPS) is 13.2. The minimum absolute atomic E-state index is 0.131. The van der Waals surface area contributed by atoms with E-state index < -0.39 is 9.84 Å². The third-order valence-electron chi connectivity index (χ3n) is 2.84. The third-order valence-corrected chi connectivity index (χ3v) is 5.63. The van der Waals surface area contributed by atoms with Crippen molar-refractivity contribution in [3.05, 3.63) is 63.9 Å². The highest BCUT2D eigenvalue weighted by Gasteiger charge is 2.13. The van der Waals surface area contributed by atoms with Gasteiger partial charge in [-0.1, -0.05) is 34.1 Å². The second-order valence-electron chi connectivity index (χ2n) is 4.38. The van der Waals surface area contributed by atoms with Gasteiger partial charge in [-0.3, -0.25) is 0 Å². The number of benzene rings is 2. The van der Waals surface area contributed by atoms with Crippen LogP contribution in [0.3, 0.4) is 0 Å². The zero-order valence-corrected chi connectivity index (χ0v) is 14.5. The lowest BCUT2D eigenvalue weighted by atomic mass is 10.1. The Balaban J connectivity index is 2.33. The number of sulfone groups is 1. The number of hydrogen-bond donors (Lipinski definition) is 0. The van der Waals surface area contributed by atoms with Crippen LogP contribution in [-0.4, -0.2) is 14.7 Å². The fourth-order valence-corrected chi connectivity index (χ4v) is 3.36. The van der Waals surface area contributed by atoms with E-state index in [9.17, 15) is 12.8 Å². The van der Waals surface area contributed by atoms with E-state index in [2.05, 4.69) is 31.9 Å². The van der Waals surface area contributed by atoms with Gasteiger partial charge in [0.25, 0.3) is 0 Å². The maximum atomic E-state index is 13.2. The molecule has 106 valence electrons. The van der Waals surface area contributed by atoms with Gasteiger partial charge < -0.3 is 0 Å². The van der Waals surface area contributed by atoms with Gasteiger partial charge in [0, 0.05) is 6.26 Å². The number of halogens is 3. The minimum Gasteiger partial charge on any atom is -0.224 e. The van der Waals surface area contributed by atoms with Crippen molar-refractivity contribution in [2.24, 2.45) is 0 Å². The van der Waals surface area contributed by atoms with Crippen molar-refractivity contribution >= 4 is 41.7 Å². The SMILES string of the molecule is CS(=O)(=O)c1ccc(C(Br)c2ccc(F)c(Br)c2)cc1. The van der Waals surface area contributed by atoms with E-state index in [1.165, 1.54) is 12.3 Å². The molecule has 0 saturated carbocycles. The van der Waals surface area contributed by atoms with E-state index in [1.807, 2.05) is 0 Å². The molecule has 0 heterocycles. The number of rotatable bonds is 3. The van der Waals surface area contributed by atoms with Gasteiger partial charge in [-0.15, -0.1) is 0 Å². The third kappa shape index (κ3) is 3.48. The largest absolute Gasteiger partial charge is 0.224 e. The molecule has 0 N–H and O–H groups in total. The van der Waals surface area contributed by atoms with Crippen LogP contribution < -0.4 is 0 Å². The molecule has 2 rings (SSSR count). The van der Waals surface area contributed by atoms with E-state index >= 15 is 0 Å². The predicted molar refractivity (Wildman–Crippen MR) is 84.4 cm³/mol. The highest BCUT2D eigenvalue weighted by molar-refractivity contribution is 9.10. The molecule has 1 unspecified atom stereocenters. The molecule has 0 spiro atoms. The molecule has 6 heteroatoms. The zero-order chi connectivity index (χ0) is 14.9. The van der Waals surface area contributed by atoms with Gasteiger partial charge in [-0.25, -0.2) is 12.8 Å². The van der Waals surface area contributed by atoms with Crippen LogP contribution in [0.15, 0.2) is 51.8 Å². The van der Waals surface area contributed by atoms with Crippen LogP contribution in [0.25, 0.3) is 0 Å². The summed E-state index contributed by atoms with van der Waals surface area (Å²) in [7, 11) is -3.19. The van der Waals surface area contributed by atoms with Crippen molar-refractivity contribution < 1.29 is 12.8 Å². The minimum atomic E-state index is -3.19. The fourth-order valence-electron chi connectivity index (χ4n) is 1.75. The van der Waals surface area contributed by atoms with Gasteiger partial charge in [0.15, 0.2) is 9.84 Å². The number of alkyl halides is 1. The molecule has 0 saturated heterocycles. The van der Waals surface area contributed by atoms with Gasteiger partial charge >= 0.3 is 0 Å². The average Bonchev–Trinajstić information content (AvgIpc) is 2.40. The quantitative estimate of drug-likeness (QED) is 0.685. The monoisotopic (exact) mass is 420 g/mol. The topological polar surface area (TPSA) is 34.1 Å². The van der Waals surface area contributed by atoms with Crippen LogP contribution in [-0.2, 0) is 9.84 Å². The summed E-state index contributed by atoms with van der Waals surface area (Å²) in [5.41, 5.74) is 1.78. The first kappa shape index (κ1) is 15.7. The Morgan fingerprint density at radius 3 is 2.10 bits per heavy atom. The zero-order valence-electron chi connectivity index (χ0n) is 10.5. The molecule has 0 aromatic heterocycles. The molecule has 1 atom stereocenters. The Hall–Kier alpha value is -0.720. The van der Waals surface area contributed by atoms with Crippen molar-refractivity contribution in [1.29, 1.82) is 0 Å². The highest BCUT2D eigenvalue weighted by Crippen LogP contribution is 2.33. The van der Waals surface area contributed by atoms with Crippen LogP contribution >= 0.6 is 31.9 Å². The first-order chi connectivity index (χ1) is 9.29. The molecule has 0 fully saturated rings. The molecule has 2 aromatic rings. The molecule has 0 aliphatic carbocycles. The van der Waals surface area contributed by atoms with Gasteiger partial charge in [0.1, 0.15) is 5.82 Å². The second-order valence-corrected chi connectivity index (χ2v) is 8.16. The molecule has 20 heavy (non-hydrogen) atoms. The summed E-state index contributed by atoms with van der Waals surface area (Å²) >= 11 is 6.68. The highest BCUT2D eigenvalue weighted by atomic mass is 79.9. The van der Waals surface area contributed by atoms with E-state index in [1.54, 1.807) is 36.4 Å². The standard InChI is InChI=1S/C14H11Br2FO2S/c1-20(18,19)11-5-2-9(3-6-11)14(16)10-4-7-13(17)12(15)8-10/h2-8,14H,1H3. The van der Waals surface area contributed by atoms with Gasteiger partial charge in [-0.2, -0.15) is 0 Å². The molecule has 2 aromatic carbocycles. The average molecular weight is 422 g/mol. The summed E-state index contributed by atoms with van der Waals surface area (Å²) in [6.07, 6.45) is 1.17. The molecule has 0 bridgehead atoms. The van der Waals surface area contributed by atoms with Crippen LogP contribution in [0.5, 0.6) is 0 Å². The van der Waals surface area contributed by atoms with Gasteiger partial charge in [0.2, 0.25) is 0 Å². The van der Waals surface area contributed by atoms with Crippen molar-refractivity contribution in [1.82, 2.24) is 0 Å². The Morgan fingerprint density at radius 2 is 1.60 bits per heavy atom. The summed E-state index contributed by atoms with van der Waals surface area (Å²) in [5.74, 6) is -0.319. The Labute approximate surface area is 134 Å². The first-order valence-corrected chi connectivity index (χ1v) is 9.28. The molecule has 0 aliphatic rings. The summed E-state index contributed by atoms with van der Waals surface area (Å²) < 4.78 is 36.4. The van der Waals surface area contributed by atoms with Crippen LogP contribution in [0.1, 0.15) is 16.0 Å². The lowest BCUT2D eigenvalue weighted by molar-refractivity contribution is 0.602. The lowest BCUT2D eigenvalue weighted by Crippen LogP contribution is -1.98. The molecule has 2 nitrogen and oxygen atoms in total. The van der Waals surface area contributed by atoms with Crippen molar-refractivity contribution in [2.45, 2.75) is 9.72 Å². The van der Waals surface area contributed by atoms with Crippen LogP contribution in [0.2, 0.25) is 0 Å². The van der Waals surface area contributed by atoms with E-state index in [0.29, 0.717) is 4.47 Å². The molecule has 0 amide bonds. The summed E-state index contributed by atoms with van der Waals surface area (Å²) in [6.45, 7) is 0. The van der Waals surface area contributed by atoms with E-state index in [-0.39, 0.29) is 15.5 Å². The first-order valence-electron chi connectivity index (χ1n) is 5.68. The lowest BCUT2D eigenvalue weighted by Gasteiger charge is -2.12. The smallest absolute Gasteiger partial charge is 0.175 e.